The number of fused-ring (bicyclic) bond motifs is 2. The second-order valence-corrected chi connectivity index (χ2v) is 7.78. The first kappa shape index (κ1) is 14.3. The Morgan fingerprint density at radius 1 is 1.05 bits per heavy atom. The highest BCUT2D eigenvalue weighted by Crippen LogP contribution is 2.57. The van der Waals surface area contributed by atoms with Crippen LogP contribution in [-0.4, -0.2) is 11.1 Å². The van der Waals surface area contributed by atoms with Crippen molar-refractivity contribution in [2.45, 2.75) is 63.2 Å². The normalized spacial score (nSPS) is 34.9. The first-order valence-electron chi connectivity index (χ1n) is 9.02. The average molecular weight is 298 g/mol. The third kappa shape index (κ3) is 2.11. The van der Waals surface area contributed by atoms with Crippen LogP contribution in [0.1, 0.15) is 62.5 Å². The van der Waals surface area contributed by atoms with Gasteiger partial charge in [0.1, 0.15) is 0 Å². The van der Waals surface area contributed by atoms with Gasteiger partial charge in [0.05, 0.1) is 5.92 Å². The lowest BCUT2D eigenvalue weighted by Crippen LogP contribution is -2.40. The molecule has 2 saturated carbocycles. The summed E-state index contributed by atoms with van der Waals surface area (Å²) in [5.41, 5.74) is 3.40. The third-order valence-corrected chi connectivity index (χ3v) is 6.90. The standard InChI is InChI=1S/C20H26O2/c21-19(22)15-9-11-20(12-10-15)17-8-4-3-7-16(17)13-18(20)14-5-1-2-6-14/h3-4,7-8,14-15,18H,1-2,5-6,9-13H2,(H,21,22). The summed E-state index contributed by atoms with van der Waals surface area (Å²) in [5.74, 6) is 0.942. The molecule has 3 aliphatic carbocycles. The smallest absolute Gasteiger partial charge is 0.306 e. The number of aliphatic carboxylic acids is 1. The van der Waals surface area contributed by atoms with Gasteiger partial charge in [0.15, 0.2) is 0 Å². The zero-order chi connectivity index (χ0) is 15.2. The Morgan fingerprint density at radius 2 is 1.73 bits per heavy atom. The van der Waals surface area contributed by atoms with Gasteiger partial charge in [-0.15, -0.1) is 0 Å². The molecule has 0 bridgehead atoms. The second kappa shape index (κ2) is 5.40. The Morgan fingerprint density at radius 3 is 2.41 bits per heavy atom. The maximum atomic E-state index is 11.3. The monoisotopic (exact) mass is 298 g/mol. The van der Waals surface area contributed by atoms with Gasteiger partial charge in [0.25, 0.3) is 0 Å². The van der Waals surface area contributed by atoms with E-state index in [1.54, 1.807) is 11.1 Å². The SMILES string of the molecule is O=C(O)C1CCC2(CC1)c1ccccc1CC2C1CCCC1. The Balaban J connectivity index is 1.68. The number of carbonyl (C=O) groups is 1. The minimum atomic E-state index is -0.585. The summed E-state index contributed by atoms with van der Waals surface area (Å²) < 4.78 is 0. The van der Waals surface area contributed by atoms with E-state index >= 15 is 0 Å². The molecule has 1 N–H and O–H groups in total. The molecule has 0 radical (unpaired) electrons. The van der Waals surface area contributed by atoms with Crippen molar-refractivity contribution >= 4 is 5.97 Å². The van der Waals surface area contributed by atoms with Crippen LogP contribution in [0, 0.1) is 17.8 Å². The van der Waals surface area contributed by atoms with Gasteiger partial charge in [-0.3, -0.25) is 4.79 Å². The second-order valence-electron chi connectivity index (χ2n) is 7.78. The van der Waals surface area contributed by atoms with Crippen molar-refractivity contribution in [3.8, 4) is 0 Å². The van der Waals surface area contributed by atoms with Crippen LogP contribution in [0.3, 0.4) is 0 Å². The highest BCUT2D eigenvalue weighted by molar-refractivity contribution is 5.70. The molecule has 22 heavy (non-hydrogen) atoms. The molecule has 1 aromatic rings. The summed E-state index contributed by atoms with van der Waals surface area (Å²) in [5, 5.41) is 9.34. The largest absolute Gasteiger partial charge is 0.481 e. The topological polar surface area (TPSA) is 37.3 Å². The highest BCUT2D eigenvalue weighted by Gasteiger charge is 2.51. The van der Waals surface area contributed by atoms with Gasteiger partial charge in [-0.1, -0.05) is 49.9 Å². The van der Waals surface area contributed by atoms with Crippen molar-refractivity contribution in [3.63, 3.8) is 0 Å². The first-order valence-corrected chi connectivity index (χ1v) is 9.02. The quantitative estimate of drug-likeness (QED) is 0.869. The maximum Gasteiger partial charge on any atom is 0.306 e. The molecule has 118 valence electrons. The van der Waals surface area contributed by atoms with Crippen LogP contribution in [0.5, 0.6) is 0 Å². The summed E-state index contributed by atoms with van der Waals surface area (Å²) in [4.78, 5) is 11.3. The minimum Gasteiger partial charge on any atom is -0.481 e. The van der Waals surface area contributed by atoms with Crippen LogP contribution in [0.25, 0.3) is 0 Å². The van der Waals surface area contributed by atoms with Crippen LogP contribution in [-0.2, 0) is 16.6 Å². The van der Waals surface area contributed by atoms with Crippen molar-refractivity contribution in [2.24, 2.45) is 17.8 Å². The van der Waals surface area contributed by atoms with Gasteiger partial charge in [0.2, 0.25) is 0 Å². The number of hydrogen-bond donors (Lipinski definition) is 1. The maximum absolute atomic E-state index is 11.3. The van der Waals surface area contributed by atoms with Crippen molar-refractivity contribution in [1.29, 1.82) is 0 Å². The lowest BCUT2D eigenvalue weighted by Gasteiger charge is -2.44. The molecule has 1 aromatic carbocycles. The van der Waals surface area contributed by atoms with Gasteiger partial charge in [-0.2, -0.15) is 0 Å². The molecule has 1 unspecified atom stereocenters. The van der Waals surface area contributed by atoms with E-state index in [9.17, 15) is 9.90 Å². The number of rotatable bonds is 2. The van der Waals surface area contributed by atoms with Gasteiger partial charge >= 0.3 is 5.97 Å². The van der Waals surface area contributed by atoms with Gasteiger partial charge in [0, 0.05) is 0 Å². The molecular weight excluding hydrogens is 272 g/mol. The zero-order valence-electron chi connectivity index (χ0n) is 13.3. The molecule has 0 saturated heterocycles. The fourth-order valence-electron chi connectivity index (χ4n) is 5.81. The van der Waals surface area contributed by atoms with E-state index in [2.05, 4.69) is 24.3 Å². The van der Waals surface area contributed by atoms with Crippen molar-refractivity contribution in [2.75, 3.05) is 0 Å². The molecular formula is C20H26O2. The number of benzene rings is 1. The van der Waals surface area contributed by atoms with E-state index in [0.717, 1.165) is 37.5 Å². The lowest BCUT2D eigenvalue weighted by molar-refractivity contribution is -0.143. The number of carboxylic acid groups (broad SMARTS) is 1. The lowest BCUT2D eigenvalue weighted by atomic mass is 9.60. The van der Waals surface area contributed by atoms with Gasteiger partial charge < -0.3 is 5.11 Å². The van der Waals surface area contributed by atoms with E-state index in [1.165, 1.54) is 32.1 Å². The predicted molar refractivity (Wildman–Crippen MR) is 86.9 cm³/mol. The Kier molecular flexibility index (Phi) is 3.51. The van der Waals surface area contributed by atoms with Crippen LogP contribution >= 0.6 is 0 Å². The van der Waals surface area contributed by atoms with E-state index in [-0.39, 0.29) is 11.3 Å². The minimum absolute atomic E-state index is 0.109. The van der Waals surface area contributed by atoms with Crippen LogP contribution in [0.2, 0.25) is 0 Å². The van der Waals surface area contributed by atoms with Crippen LogP contribution in [0.15, 0.2) is 24.3 Å². The van der Waals surface area contributed by atoms with E-state index in [1.807, 2.05) is 0 Å². The molecule has 0 amide bonds. The third-order valence-electron chi connectivity index (χ3n) is 6.90. The number of hydrogen-bond acceptors (Lipinski definition) is 1. The summed E-state index contributed by atoms with van der Waals surface area (Å²) in [6.45, 7) is 0. The summed E-state index contributed by atoms with van der Waals surface area (Å²) >= 11 is 0. The van der Waals surface area contributed by atoms with Crippen molar-refractivity contribution in [3.05, 3.63) is 35.4 Å². The molecule has 1 atom stereocenters. The van der Waals surface area contributed by atoms with E-state index in [0.29, 0.717) is 0 Å². The average Bonchev–Trinajstić information content (AvgIpc) is 3.15. The zero-order valence-corrected chi connectivity index (χ0v) is 13.3. The van der Waals surface area contributed by atoms with Crippen LogP contribution < -0.4 is 0 Å². The molecule has 3 aliphatic rings. The fraction of sp³-hybridized carbons (Fsp3) is 0.650. The van der Waals surface area contributed by atoms with Crippen LogP contribution in [0.4, 0.5) is 0 Å². The summed E-state index contributed by atoms with van der Waals surface area (Å²) in [6, 6.07) is 9.01. The van der Waals surface area contributed by atoms with Crippen molar-refractivity contribution in [1.82, 2.24) is 0 Å². The number of carboxylic acids is 1. The summed E-state index contributed by atoms with van der Waals surface area (Å²) in [6.07, 6.45) is 10.7. The molecule has 4 rings (SSSR count). The fourth-order valence-corrected chi connectivity index (χ4v) is 5.81. The van der Waals surface area contributed by atoms with Crippen molar-refractivity contribution < 1.29 is 9.90 Å². The molecule has 0 aliphatic heterocycles. The first-order chi connectivity index (χ1) is 10.7. The molecule has 0 heterocycles. The molecule has 2 nitrogen and oxygen atoms in total. The Labute approximate surface area is 132 Å². The Hall–Kier alpha value is -1.31. The van der Waals surface area contributed by atoms with Gasteiger partial charge in [-0.05, 0) is 60.5 Å². The molecule has 0 aromatic heterocycles. The van der Waals surface area contributed by atoms with Gasteiger partial charge in [-0.25, -0.2) is 0 Å². The molecule has 2 fully saturated rings. The highest BCUT2D eigenvalue weighted by atomic mass is 16.4. The van der Waals surface area contributed by atoms with E-state index in [4.69, 9.17) is 0 Å². The molecule has 1 spiro atoms. The van der Waals surface area contributed by atoms with E-state index < -0.39 is 5.97 Å². The molecule has 2 heteroatoms. The predicted octanol–water partition coefficient (Wildman–Crippen LogP) is 4.56. The summed E-state index contributed by atoms with van der Waals surface area (Å²) in [7, 11) is 0. The Bertz CT molecular complexity index is 563.